The van der Waals surface area contributed by atoms with E-state index in [1.165, 1.54) is 18.4 Å². The van der Waals surface area contributed by atoms with Gasteiger partial charge in [-0.15, -0.1) is 0 Å². The Labute approximate surface area is 144 Å². The topological polar surface area (TPSA) is 59.4 Å². The highest BCUT2D eigenvalue weighted by Crippen LogP contribution is 2.15. The van der Waals surface area contributed by atoms with Crippen molar-refractivity contribution in [2.45, 2.75) is 32.7 Å². The van der Waals surface area contributed by atoms with E-state index in [-0.39, 0.29) is 0 Å². The first-order valence-corrected chi connectivity index (χ1v) is 8.81. The SMILES string of the molecule is CC1CCCN(C(N)=NCCc2nccn2Cc2ccccc2)C1. The second-order valence-electron chi connectivity index (χ2n) is 6.64. The lowest BCUT2D eigenvalue weighted by Gasteiger charge is -2.31. The van der Waals surface area contributed by atoms with Gasteiger partial charge in [0.15, 0.2) is 5.96 Å². The number of hydrogen-bond donors (Lipinski definition) is 1. The standard InChI is InChI=1S/C19H27N5/c1-16-6-5-12-24(14-16)19(20)22-10-9-18-21-11-13-23(18)15-17-7-3-2-4-8-17/h2-4,7-8,11,13,16H,5-6,9-10,12,14-15H2,1H3,(H2,20,22). The van der Waals surface area contributed by atoms with E-state index in [1.807, 2.05) is 18.5 Å². The third-order valence-corrected chi connectivity index (χ3v) is 4.59. The molecule has 1 unspecified atom stereocenters. The lowest BCUT2D eigenvalue weighted by Crippen LogP contribution is -2.43. The molecule has 1 aromatic carbocycles. The molecule has 0 radical (unpaired) electrons. The molecule has 0 spiro atoms. The predicted molar refractivity (Wildman–Crippen MR) is 97.9 cm³/mol. The van der Waals surface area contributed by atoms with Crippen molar-refractivity contribution in [2.75, 3.05) is 19.6 Å². The van der Waals surface area contributed by atoms with Crippen LogP contribution in [0.1, 0.15) is 31.2 Å². The number of piperidine rings is 1. The summed E-state index contributed by atoms with van der Waals surface area (Å²) >= 11 is 0. The van der Waals surface area contributed by atoms with Crippen LogP contribution >= 0.6 is 0 Å². The van der Waals surface area contributed by atoms with Crippen molar-refractivity contribution in [3.63, 3.8) is 0 Å². The van der Waals surface area contributed by atoms with Crippen molar-refractivity contribution < 1.29 is 0 Å². The van der Waals surface area contributed by atoms with Gasteiger partial charge in [-0.2, -0.15) is 0 Å². The van der Waals surface area contributed by atoms with Crippen LogP contribution in [0.3, 0.4) is 0 Å². The van der Waals surface area contributed by atoms with Gasteiger partial charge in [0.2, 0.25) is 0 Å². The second-order valence-corrected chi connectivity index (χ2v) is 6.64. The van der Waals surface area contributed by atoms with Crippen LogP contribution in [0.2, 0.25) is 0 Å². The van der Waals surface area contributed by atoms with Crippen LogP contribution in [0.15, 0.2) is 47.7 Å². The van der Waals surface area contributed by atoms with Crippen LogP contribution in [-0.2, 0) is 13.0 Å². The molecule has 128 valence electrons. The molecule has 24 heavy (non-hydrogen) atoms. The minimum atomic E-state index is 0.683. The van der Waals surface area contributed by atoms with E-state index >= 15 is 0 Å². The van der Waals surface area contributed by atoms with Gasteiger partial charge in [-0.25, -0.2) is 4.98 Å². The van der Waals surface area contributed by atoms with Crippen LogP contribution in [0.4, 0.5) is 0 Å². The van der Waals surface area contributed by atoms with Gasteiger partial charge in [-0.05, 0) is 24.3 Å². The Kier molecular flexibility index (Phi) is 5.51. The summed E-state index contributed by atoms with van der Waals surface area (Å²) in [7, 11) is 0. The van der Waals surface area contributed by atoms with Crippen molar-refractivity contribution in [1.82, 2.24) is 14.5 Å². The lowest BCUT2D eigenvalue weighted by molar-refractivity contribution is 0.270. The van der Waals surface area contributed by atoms with Gasteiger partial charge < -0.3 is 15.2 Å². The van der Waals surface area contributed by atoms with Crippen molar-refractivity contribution in [3.8, 4) is 0 Å². The fourth-order valence-corrected chi connectivity index (χ4v) is 3.26. The number of rotatable bonds is 5. The third-order valence-electron chi connectivity index (χ3n) is 4.59. The monoisotopic (exact) mass is 325 g/mol. The van der Waals surface area contributed by atoms with Crippen LogP contribution in [-0.4, -0.2) is 40.0 Å². The average Bonchev–Trinajstić information content (AvgIpc) is 3.03. The smallest absolute Gasteiger partial charge is 0.191 e. The first-order valence-electron chi connectivity index (χ1n) is 8.81. The summed E-state index contributed by atoms with van der Waals surface area (Å²) in [6, 6.07) is 10.4. The maximum atomic E-state index is 6.16. The lowest BCUT2D eigenvalue weighted by atomic mass is 10.0. The highest BCUT2D eigenvalue weighted by atomic mass is 15.3. The van der Waals surface area contributed by atoms with Crippen molar-refractivity contribution >= 4 is 5.96 Å². The summed E-state index contributed by atoms with van der Waals surface area (Å²) in [5.74, 6) is 2.45. The van der Waals surface area contributed by atoms with Crippen LogP contribution in [0.25, 0.3) is 0 Å². The molecule has 0 bridgehead atoms. The van der Waals surface area contributed by atoms with E-state index in [0.717, 1.165) is 31.9 Å². The summed E-state index contributed by atoms with van der Waals surface area (Å²) in [5, 5.41) is 0. The summed E-state index contributed by atoms with van der Waals surface area (Å²) in [6.45, 7) is 5.86. The Balaban J connectivity index is 1.55. The molecule has 1 atom stereocenters. The molecule has 0 saturated carbocycles. The molecule has 2 aromatic rings. The van der Waals surface area contributed by atoms with Crippen molar-refractivity contribution in [3.05, 3.63) is 54.1 Å². The molecule has 3 rings (SSSR count). The fourth-order valence-electron chi connectivity index (χ4n) is 3.26. The van der Waals surface area contributed by atoms with Crippen molar-refractivity contribution in [1.29, 1.82) is 0 Å². The molecule has 1 saturated heterocycles. The molecule has 1 aliphatic rings. The molecule has 0 amide bonds. The number of likely N-dealkylation sites (tertiary alicyclic amines) is 1. The Bertz CT molecular complexity index is 661. The van der Waals surface area contributed by atoms with Crippen LogP contribution in [0.5, 0.6) is 0 Å². The number of aromatic nitrogens is 2. The Morgan fingerprint density at radius 1 is 1.33 bits per heavy atom. The van der Waals surface area contributed by atoms with E-state index in [9.17, 15) is 0 Å². The number of benzene rings is 1. The number of hydrogen-bond acceptors (Lipinski definition) is 2. The number of nitrogens with two attached hydrogens (primary N) is 1. The van der Waals surface area contributed by atoms with Gasteiger partial charge in [0.25, 0.3) is 0 Å². The number of guanidine groups is 1. The van der Waals surface area contributed by atoms with Crippen LogP contribution < -0.4 is 5.73 Å². The molecule has 5 heteroatoms. The minimum absolute atomic E-state index is 0.683. The quantitative estimate of drug-likeness (QED) is 0.679. The summed E-state index contributed by atoms with van der Waals surface area (Å²) in [4.78, 5) is 11.3. The molecule has 5 nitrogen and oxygen atoms in total. The van der Waals surface area contributed by atoms with Gasteiger partial charge in [0.1, 0.15) is 5.82 Å². The first-order chi connectivity index (χ1) is 11.7. The molecular weight excluding hydrogens is 298 g/mol. The molecule has 2 heterocycles. The maximum absolute atomic E-state index is 6.16. The number of aliphatic imine (C=N–C) groups is 1. The van der Waals surface area contributed by atoms with Gasteiger partial charge in [-0.3, -0.25) is 4.99 Å². The second kappa shape index (κ2) is 7.99. The first kappa shape index (κ1) is 16.6. The molecule has 1 aromatic heterocycles. The molecule has 0 aliphatic carbocycles. The molecular formula is C19H27N5. The number of nitrogens with zero attached hydrogens (tertiary/aromatic N) is 4. The van der Waals surface area contributed by atoms with Gasteiger partial charge in [0.05, 0.1) is 0 Å². The van der Waals surface area contributed by atoms with Crippen molar-refractivity contribution in [2.24, 2.45) is 16.6 Å². The molecule has 2 N–H and O–H groups in total. The summed E-state index contributed by atoms with van der Waals surface area (Å²) in [5.41, 5.74) is 7.44. The minimum Gasteiger partial charge on any atom is -0.370 e. The Morgan fingerprint density at radius 3 is 2.96 bits per heavy atom. The molecule has 1 fully saturated rings. The van der Waals surface area contributed by atoms with E-state index < -0.39 is 0 Å². The normalized spacial score (nSPS) is 18.8. The number of imidazole rings is 1. The van der Waals surface area contributed by atoms with Gasteiger partial charge >= 0.3 is 0 Å². The average molecular weight is 325 g/mol. The highest BCUT2D eigenvalue weighted by molar-refractivity contribution is 5.78. The van der Waals surface area contributed by atoms with E-state index in [1.54, 1.807) is 0 Å². The van der Waals surface area contributed by atoms with Gasteiger partial charge in [-0.1, -0.05) is 37.3 Å². The Morgan fingerprint density at radius 2 is 2.17 bits per heavy atom. The summed E-state index contributed by atoms with van der Waals surface area (Å²) in [6.07, 6.45) is 7.20. The largest absolute Gasteiger partial charge is 0.370 e. The predicted octanol–water partition coefficient (Wildman–Crippen LogP) is 2.52. The third kappa shape index (κ3) is 4.37. The van der Waals surface area contributed by atoms with Crippen LogP contribution in [0, 0.1) is 5.92 Å². The summed E-state index contributed by atoms with van der Waals surface area (Å²) < 4.78 is 2.18. The van der Waals surface area contributed by atoms with E-state index in [0.29, 0.717) is 18.4 Å². The van der Waals surface area contributed by atoms with E-state index in [4.69, 9.17) is 5.73 Å². The van der Waals surface area contributed by atoms with E-state index in [2.05, 4.69) is 50.6 Å². The zero-order valence-electron chi connectivity index (χ0n) is 14.4. The zero-order valence-corrected chi connectivity index (χ0v) is 14.4. The molecule has 1 aliphatic heterocycles. The Hall–Kier alpha value is -2.30. The highest BCUT2D eigenvalue weighted by Gasteiger charge is 2.17. The van der Waals surface area contributed by atoms with Gasteiger partial charge in [0, 0.05) is 45.0 Å². The fraction of sp³-hybridized carbons (Fsp3) is 0.474. The zero-order chi connectivity index (χ0) is 16.8. The maximum Gasteiger partial charge on any atom is 0.191 e.